The summed E-state index contributed by atoms with van der Waals surface area (Å²) in [6, 6.07) is 7.59. The summed E-state index contributed by atoms with van der Waals surface area (Å²) >= 11 is 0. The highest BCUT2D eigenvalue weighted by atomic mass is 16.2. The van der Waals surface area contributed by atoms with Gasteiger partial charge in [0.05, 0.1) is 24.1 Å². The molecule has 2 aliphatic rings. The maximum Gasteiger partial charge on any atom is 0.331 e. The zero-order valence-corrected chi connectivity index (χ0v) is 25.1. The minimum Gasteiger partial charge on any atom is -0.356 e. The Morgan fingerprint density at radius 2 is 1.79 bits per heavy atom. The third-order valence-electron chi connectivity index (χ3n) is 8.68. The summed E-state index contributed by atoms with van der Waals surface area (Å²) in [5.74, 6) is 6.87. The molecule has 1 amide bonds. The molecule has 5 heterocycles. The van der Waals surface area contributed by atoms with E-state index in [1.165, 1.54) is 9.13 Å². The van der Waals surface area contributed by atoms with Crippen molar-refractivity contribution in [1.29, 1.82) is 0 Å². The van der Waals surface area contributed by atoms with Gasteiger partial charge in [-0.25, -0.2) is 14.8 Å². The van der Waals surface area contributed by atoms with Crippen LogP contribution < -0.4 is 21.9 Å². The average Bonchev–Trinajstić information content (AvgIpc) is 3.36. The van der Waals surface area contributed by atoms with E-state index >= 15 is 0 Å². The molecule has 0 bridgehead atoms. The molecule has 224 valence electrons. The van der Waals surface area contributed by atoms with E-state index in [0.717, 1.165) is 48.7 Å². The lowest BCUT2D eigenvalue weighted by atomic mass is 10.1. The Balaban J connectivity index is 1.61. The number of anilines is 1. The van der Waals surface area contributed by atoms with Gasteiger partial charge in [0, 0.05) is 50.3 Å². The van der Waals surface area contributed by atoms with Gasteiger partial charge in [-0.1, -0.05) is 24.1 Å². The molecule has 2 saturated heterocycles. The molecule has 11 nitrogen and oxygen atoms in total. The Bertz CT molecular complexity index is 1900. The molecule has 3 aromatic heterocycles. The molecule has 2 N–H and O–H groups in total. The zero-order valence-electron chi connectivity index (χ0n) is 25.1. The molecule has 6 rings (SSSR count). The summed E-state index contributed by atoms with van der Waals surface area (Å²) in [5, 5.41) is 0.916. The predicted molar refractivity (Wildman–Crippen MR) is 167 cm³/mol. The normalized spacial score (nSPS) is 17.3. The van der Waals surface area contributed by atoms with Crippen LogP contribution in [-0.4, -0.2) is 66.7 Å². The minimum absolute atomic E-state index is 0.0656. The topological polar surface area (TPSA) is 124 Å². The summed E-state index contributed by atoms with van der Waals surface area (Å²) in [5.41, 5.74) is 7.90. The van der Waals surface area contributed by atoms with Crippen molar-refractivity contribution in [2.45, 2.75) is 65.1 Å². The summed E-state index contributed by atoms with van der Waals surface area (Å²) in [7, 11) is 1.63. The second-order valence-corrected chi connectivity index (χ2v) is 11.6. The maximum atomic E-state index is 14.4. The highest BCUT2D eigenvalue weighted by molar-refractivity contribution is 6.11. The number of aryl methyl sites for hydroxylation is 2. The second kappa shape index (κ2) is 11.7. The molecule has 11 heteroatoms. The fraction of sp³-hybridized carbons (Fsp3) is 0.469. The Hall–Kier alpha value is -4.43. The molecule has 0 saturated carbocycles. The Labute approximate surface area is 249 Å². The lowest BCUT2D eigenvalue weighted by Gasteiger charge is -2.34. The number of carbonyl (C=O) groups excluding carboxylic acids is 1. The number of piperidine rings is 2. The summed E-state index contributed by atoms with van der Waals surface area (Å²) in [6.45, 7) is 6.25. The number of nitrogens with zero attached hydrogens (tertiary/aromatic N) is 7. The number of hydrogen-bond donors (Lipinski definition) is 1. The van der Waals surface area contributed by atoms with Crippen molar-refractivity contribution in [3.8, 4) is 11.8 Å². The van der Waals surface area contributed by atoms with Crippen molar-refractivity contribution >= 4 is 33.7 Å². The SMILES string of the molecule is CC#CCn1c(N2CCC[C@@H](N)C2)c(C(=O)N2CCCCC2)c2c1c(=O)n(Cc1nc(C)c3ccccc3n1)c(=O)n2C. The van der Waals surface area contributed by atoms with Gasteiger partial charge < -0.3 is 20.1 Å². The molecule has 0 spiro atoms. The number of amides is 1. The standard InChI is InChI=1S/C32H38N8O3/c1-4-5-18-39-28-27(26(30(41)37-15-9-6-10-16-37)29(39)38-17-11-12-22(33)19-38)36(3)32(43)40(31(28)42)20-25-34-21(2)23-13-7-8-14-24(23)35-25/h7-8,13-14,22H,6,9-12,15-20,33H2,1-3H3/t22-/m1/s1. The van der Waals surface area contributed by atoms with E-state index in [1.54, 1.807) is 14.0 Å². The van der Waals surface area contributed by atoms with Gasteiger partial charge in [-0.3, -0.25) is 18.7 Å². The van der Waals surface area contributed by atoms with Gasteiger partial charge in [0.1, 0.15) is 22.7 Å². The monoisotopic (exact) mass is 582 g/mol. The van der Waals surface area contributed by atoms with E-state index in [0.29, 0.717) is 48.9 Å². The van der Waals surface area contributed by atoms with Crippen molar-refractivity contribution in [3.63, 3.8) is 0 Å². The third kappa shape index (κ3) is 5.10. The third-order valence-corrected chi connectivity index (χ3v) is 8.68. The quantitative estimate of drug-likeness (QED) is 0.358. The number of likely N-dealkylation sites (tertiary alicyclic amines) is 1. The molecular formula is C32H38N8O3. The summed E-state index contributed by atoms with van der Waals surface area (Å²) < 4.78 is 4.43. The van der Waals surface area contributed by atoms with Crippen LogP contribution in [0.3, 0.4) is 0 Å². The van der Waals surface area contributed by atoms with Crippen LogP contribution in [0.4, 0.5) is 5.82 Å². The predicted octanol–water partition coefficient (Wildman–Crippen LogP) is 2.38. The molecule has 4 aromatic rings. The molecule has 1 atom stereocenters. The average molecular weight is 583 g/mol. The summed E-state index contributed by atoms with van der Waals surface area (Å²) in [6.07, 6.45) is 4.67. The molecule has 1 aromatic carbocycles. The van der Waals surface area contributed by atoms with Crippen LogP contribution in [0.5, 0.6) is 0 Å². The Morgan fingerprint density at radius 1 is 1.02 bits per heavy atom. The van der Waals surface area contributed by atoms with Gasteiger partial charge in [0.15, 0.2) is 0 Å². The first kappa shape index (κ1) is 28.7. The number of para-hydroxylation sites is 1. The van der Waals surface area contributed by atoms with E-state index in [-0.39, 0.29) is 30.6 Å². The van der Waals surface area contributed by atoms with Crippen molar-refractivity contribution in [3.05, 3.63) is 62.2 Å². The van der Waals surface area contributed by atoms with E-state index in [9.17, 15) is 14.4 Å². The molecule has 0 aliphatic carbocycles. The number of benzene rings is 1. The number of carbonyl (C=O) groups is 1. The molecular weight excluding hydrogens is 544 g/mol. The molecule has 0 radical (unpaired) electrons. The Morgan fingerprint density at radius 3 is 2.53 bits per heavy atom. The van der Waals surface area contributed by atoms with Crippen LogP contribution >= 0.6 is 0 Å². The smallest absolute Gasteiger partial charge is 0.331 e. The zero-order chi connectivity index (χ0) is 30.2. The number of aromatic nitrogens is 5. The van der Waals surface area contributed by atoms with Gasteiger partial charge in [-0.15, -0.1) is 5.92 Å². The number of fused-ring (bicyclic) bond motifs is 2. The largest absolute Gasteiger partial charge is 0.356 e. The van der Waals surface area contributed by atoms with Gasteiger partial charge in [-0.2, -0.15) is 0 Å². The second-order valence-electron chi connectivity index (χ2n) is 11.6. The number of nitrogens with two attached hydrogens (primary N) is 1. The first-order valence-corrected chi connectivity index (χ1v) is 15.1. The fourth-order valence-electron chi connectivity index (χ4n) is 6.57. The lowest BCUT2D eigenvalue weighted by Crippen LogP contribution is -2.45. The van der Waals surface area contributed by atoms with Gasteiger partial charge in [0.2, 0.25) is 0 Å². The van der Waals surface area contributed by atoms with Gasteiger partial charge in [-0.05, 0) is 52.0 Å². The molecule has 43 heavy (non-hydrogen) atoms. The number of rotatable bonds is 5. The number of hydrogen-bond acceptors (Lipinski definition) is 7. The summed E-state index contributed by atoms with van der Waals surface area (Å²) in [4.78, 5) is 55.9. The van der Waals surface area contributed by atoms with E-state index in [4.69, 9.17) is 5.73 Å². The van der Waals surface area contributed by atoms with Gasteiger partial charge in [0.25, 0.3) is 11.5 Å². The van der Waals surface area contributed by atoms with E-state index < -0.39 is 11.2 Å². The van der Waals surface area contributed by atoms with Crippen molar-refractivity contribution in [2.75, 3.05) is 31.1 Å². The molecule has 2 aliphatic heterocycles. The van der Waals surface area contributed by atoms with E-state index in [2.05, 4.69) is 26.7 Å². The molecule has 2 fully saturated rings. The Kier molecular flexibility index (Phi) is 7.79. The van der Waals surface area contributed by atoms with Crippen LogP contribution in [0.1, 0.15) is 60.9 Å². The van der Waals surface area contributed by atoms with Crippen molar-refractivity contribution in [1.82, 2.24) is 28.6 Å². The van der Waals surface area contributed by atoms with Crippen molar-refractivity contribution in [2.24, 2.45) is 12.8 Å². The lowest BCUT2D eigenvalue weighted by molar-refractivity contribution is 0.0726. The van der Waals surface area contributed by atoms with Crippen LogP contribution in [0.2, 0.25) is 0 Å². The van der Waals surface area contributed by atoms with Crippen LogP contribution in [0.25, 0.3) is 21.9 Å². The van der Waals surface area contributed by atoms with Crippen LogP contribution in [-0.2, 0) is 20.1 Å². The van der Waals surface area contributed by atoms with Crippen LogP contribution in [0.15, 0.2) is 33.9 Å². The fourth-order valence-corrected chi connectivity index (χ4v) is 6.57. The van der Waals surface area contributed by atoms with E-state index in [1.807, 2.05) is 40.7 Å². The van der Waals surface area contributed by atoms with Crippen molar-refractivity contribution < 1.29 is 4.79 Å². The highest BCUT2D eigenvalue weighted by Gasteiger charge is 2.35. The molecule has 0 unspecified atom stereocenters. The minimum atomic E-state index is -0.528. The van der Waals surface area contributed by atoms with Crippen LogP contribution in [0, 0.1) is 18.8 Å². The highest BCUT2D eigenvalue weighted by Crippen LogP contribution is 2.34. The first-order valence-electron chi connectivity index (χ1n) is 15.1. The first-order chi connectivity index (χ1) is 20.8. The van der Waals surface area contributed by atoms with Gasteiger partial charge >= 0.3 is 5.69 Å². The maximum absolute atomic E-state index is 14.4.